The summed E-state index contributed by atoms with van der Waals surface area (Å²) in [5, 5.41) is 12.4. The average Bonchev–Trinajstić information content (AvgIpc) is 2.85. The molecule has 0 aromatic heterocycles. The van der Waals surface area contributed by atoms with Gasteiger partial charge in [0.05, 0.1) is 19.6 Å². The third kappa shape index (κ3) is 4.10. The first-order chi connectivity index (χ1) is 16.2. The van der Waals surface area contributed by atoms with Gasteiger partial charge in [-0.05, 0) is 23.3 Å². The van der Waals surface area contributed by atoms with Crippen molar-refractivity contribution >= 4 is 0 Å². The highest BCUT2D eigenvalue weighted by Crippen LogP contribution is 2.57. The maximum atomic E-state index is 12.7. The van der Waals surface area contributed by atoms with Gasteiger partial charge in [0.1, 0.15) is 17.9 Å². The fourth-order valence-electron chi connectivity index (χ4n) is 6.21. The Kier molecular flexibility index (Phi) is 5.69. The number of quaternary nitrogens is 1. The minimum absolute atomic E-state index is 0.172. The third-order valence-electron chi connectivity index (χ3n) is 7.99. The second-order valence-electron chi connectivity index (χ2n) is 9.84. The number of hydrogen-bond donors (Lipinski definition) is 1. The summed E-state index contributed by atoms with van der Waals surface area (Å²) in [6.45, 7) is 3.31. The summed E-state index contributed by atoms with van der Waals surface area (Å²) in [6, 6.07) is 26.2. The van der Waals surface area contributed by atoms with E-state index in [4.69, 9.17) is 0 Å². The Morgan fingerprint density at radius 1 is 0.765 bits per heavy atom. The Balaban J connectivity index is 1.41. The number of alkyl halides is 3. The van der Waals surface area contributed by atoms with Crippen molar-refractivity contribution in [1.29, 1.82) is 0 Å². The van der Waals surface area contributed by atoms with Crippen LogP contribution in [0, 0.1) is 5.41 Å². The number of halogens is 3. The first-order valence-electron chi connectivity index (χ1n) is 11.8. The summed E-state index contributed by atoms with van der Waals surface area (Å²) in [6.07, 6.45) is -2.13. The number of rotatable bonds is 6. The summed E-state index contributed by atoms with van der Waals surface area (Å²) in [5.74, 6) is -0.172. The fourth-order valence-corrected chi connectivity index (χ4v) is 6.21. The first-order valence-corrected chi connectivity index (χ1v) is 11.8. The lowest BCUT2D eigenvalue weighted by Gasteiger charge is -2.60. The number of nitrogens with zero attached hydrogens (tertiary/aromatic N) is 1. The lowest BCUT2D eigenvalue weighted by Crippen LogP contribution is -2.66. The van der Waals surface area contributed by atoms with Gasteiger partial charge in [0, 0.05) is 30.2 Å². The standard InChI is InChI=1S/C28H29F3NO2/c29-28(30,31)34-25-13-7-8-22(20-25)21-32-17-14-26(15-18-32,16-19-32)27(33,23-9-3-1-4-10-23)24-11-5-2-6-12-24/h1-13,20,33H,14-19,21H2/q+1. The van der Waals surface area contributed by atoms with Crippen LogP contribution in [0.3, 0.4) is 0 Å². The van der Waals surface area contributed by atoms with Crippen molar-refractivity contribution in [1.82, 2.24) is 0 Å². The van der Waals surface area contributed by atoms with Crippen LogP contribution >= 0.6 is 0 Å². The number of ether oxygens (including phenoxy) is 1. The van der Waals surface area contributed by atoms with Gasteiger partial charge in [0.15, 0.2) is 0 Å². The molecule has 3 aliphatic heterocycles. The van der Waals surface area contributed by atoms with Crippen molar-refractivity contribution in [2.45, 2.75) is 37.8 Å². The Morgan fingerprint density at radius 2 is 1.29 bits per heavy atom. The van der Waals surface area contributed by atoms with Crippen molar-refractivity contribution in [2.24, 2.45) is 5.41 Å². The summed E-state index contributed by atoms with van der Waals surface area (Å²) in [4.78, 5) is 0. The molecule has 0 saturated carbocycles. The molecule has 3 heterocycles. The zero-order chi connectivity index (χ0) is 23.9. The maximum Gasteiger partial charge on any atom is 0.573 e. The number of benzene rings is 3. The van der Waals surface area contributed by atoms with Gasteiger partial charge in [-0.25, -0.2) is 0 Å². The van der Waals surface area contributed by atoms with E-state index in [-0.39, 0.29) is 11.2 Å². The molecule has 0 unspecified atom stereocenters. The van der Waals surface area contributed by atoms with Gasteiger partial charge in [-0.15, -0.1) is 13.2 Å². The molecule has 6 rings (SSSR count). The van der Waals surface area contributed by atoms with Gasteiger partial charge in [0.2, 0.25) is 0 Å². The normalized spacial score (nSPS) is 24.7. The van der Waals surface area contributed by atoms with Gasteiger partial charge in [0.25, 0.3) is 0 Å². The minimum atomic E-state index is -4.69. The molecule has 6 heteroatoms. The van der Waals surface area contributed by atoms with Gasteiger partial charge in [-0.3, -0.25) is 0 Å². The predicted molar refractivity (Wildman–Crippen MR) is 124 cm³/mol. The molecule has 178 valence electrons. The van der Waals surface area contributed by atoms with E-state index in [0.29, 0.717) is 6.54 Å². The van der Waals surface area contributed by atoms with Crippen LogP contribution < -0.4 is 4.74 Å². The Morgan fingerprint density at radius 3 is 1.79 bits per heavy atom. The predicted octanol–water partition coefficient (Wildman–Crippen LogP) is 6.02. The second-order valence-corrected chi connectivity index (χ2v) is 9.84. The van der Waals surface area contributed by atoms with E-state index in [9.17, 15) is 18.3 Å². The van der Waals surface area contributed by atoms with E-state index in [0.717, 1.165) is 60.1 Å². The van der Waals surface area contributed by atoms with Crippen molar-refractivity contribution < 1.29 is 27.5 Å². The lowest BCUT2D eigenvalue weighted by molar-refractivity contribution is -0.958. The first kappa shape index (κ1) is 22.9. The summed E-state index contributed by atoms with van der Waals surface area (Å²) in [5.41, 5.74) is 1.31. The SMILES string of the molecule is OC(c1ccccc1)(c1ccccc1)C12CC[N+](Cc3cccc(OC(F)(F)F)c3)(CC1)CC2. The molecule has 3 fully saturated rings. The van der Waals surface area contributed by atoms with Crippen LogP contribution in [0.2, 0.25) is 0 Å². The third-order valence-corrected chi connectivity index (χ3v) is 7.99. The molecule has 3 saturated heterocycles. The Hall–Kier alpha value is -2.83. The summed E-state index contributed by atoms with van der Waals surface area (Å²) >= 11 is 0. The van der Waals surface area contributed by atoms with Gasteiger partial charge >= 0.3 is 6.36 Å². The van der Waals surface area contributed by atoms with E-state index in [1.165, 1.54) is 12.1 Å². The van der Waals surface area contributed by atoms with Crippen molar-refractivity contribution in [3.05, 3.63) is 102 Å². The molecule has 3 nitrogen and oxygen atoms in total. The number of fused-ring (bicyclic) bond motifs is 3. The molecule has 3 aromatic carbocycles. The number of piperidine rings is 3. The largest absolute Gasteiger partial charge is 0.573 e. The van der Waals surface area contributed by atoms with Crippen molar-refractivity contribution in [3.63, 3.8) is 0 Å². The highest BCUT2D eigenvalue weighted by Gasteiger charge is 2.60. The van der Waals surface area contributed by atoms with Gasteiger partial charge < -0.3 is 14.3 Å². The minimum Gasteiger partial charge on any atom is -0.406 e. The summed E-state index contributed by atoms with van der Waals surface area (Å²) in [7, 11) is 0. The topological polar surface area (TPSA) is 29.5 Å². The molecular formula is C28H29F3NO2+. The smallest absolute Gasteiger partial charge is 0.406 e. The molecular weight excluding hydrogens is 439 g/mol. The van der Waals surface area contributed by atoms with E-state index in [1.807, 2.05) is 66.7 Å². The van der Waals surface area contributed by atoms with E-state index in [2.05, 4.69) is 4.74 Å². The highest BCUT2D eigenvalue weighted by molar-refractivity contribution is 5.39. The van der Waals surface area contributed by atoms with Gasteiger partial charge in [-0.2, -0.15) is 0 Å². The molecule has 3 aromatic rings. The van der Waals surface area contributed by atoms with Crippen molar-refractivity contribution in [2.75, 3.05) is 19.6 Å². The molecule has 0 amide bonds. The Labute approximate surface area is 198 Å². The molecule has 34 heavy (non-hydrogen) atoms. The molecule has 0 radical (unpaired) electrons. The molecule has 3 aliphatic rings. The molecule has 0 aliphatic carbocycles. The van der Waals surface area contributed by atoms with E-state index in [1.54, 1.807) is 6.07 Å². The van der Waals surface area contributed by atoms with E-state index < -0.39 is 12.0 Å². The number of aliphatic hydroxyl groups is 1. The van der Waals surface area contributed by atoms with Crippen LogP contribution in [0.4, 0.5) is 13.2 Å². The maximum absolute atomic E-state index is 12.7. The second kappa shape index (κ2) is 8.43. The van der Waals surface area contributed by atoms with Crippen LogP contribution in [0.25, 0.3) is 0 Å². The van der Waals surface area contributed by atoms with Crippen LogP contribution in [0.5, 0.6) is 5.75 Å². The Bertz CT molecular complexity index is 1070. The average molecular weight is 469 g/mol. The van der Waals surface area contributed by atoms with Crippen LogP contribution in [-0.2, 0) is 12.1 Å². The van der Waals surface area contributed by atoms with Gasteiger partial charge in [-0.1, -0.05) is 72.8 Å². The lowest BCUT2D eigenvalue weighted by atomic mass is 9.56. The quantitative estimate of drug-likeness (QED) is 0.448. The molecule has 0 spiro atoms. The fraction of sp³-hybridized carbons (Fsp3) is 0.357. The molecule has 1 N–H and O–H groups in total. The van der Waals surface area contributed by atoms with Crippen LogP contribution in [-0.4, -0.2) is 35.6 Å². The molecule has 2 bridgehead atoms. The van der Waals surface area contributed by atoms with Crippen LogP contribution in [0.1, 0.15) is 36.0 Å². The molecule has 0 atom stereocenters. The van der Waals surface area contributed by atoms with Crippen LogP contribution in [0.15, 0.2) is 84.9 Å². The zero-order valence-electron chi connectivity index (χ0n) is 19.0. The zero-order valence-corrected chi connectivity index (χ0v) is 19.0. The monoisotopic (exact) mass is 468 g/mol. The van der Waals surface area contributed by atoms with E-state index >= 15 is 0 Å². The number of hydrogen-bond acceptors (Lipinski definition) is 2. The highest BCUT2D eigenvalue weighted by atomic mass is 19.4. The van der Waals surface area contributed by atoms with Crippen molar-refractivity contribution in [3.8, 4) is 5.75 Å². The summed E-state index contributed by atoms with van der Waals surface area (Å²) < 4.78 is 42.9.